The second-order valence-corrected chi connectivity index (χ2v) is 8.37. The van der Waals surface area contributed by atoms with Crippen molar-refractivity contribution in [3.63, 3.8) is 0 Å². The summed E-state index contributed by atoms with van der Waals surface area (Å²) in [6.07, 6.45) is 2.61. The van der Waals surface area contributed by atoms with E-state index in [0.717, 1.165) is 0 Å². The molecule has 2 aromatic carbocycles. The molecule has 3 heteroatoms. The van der Waals surface area contributed by atoms with Crippen LogP contribution in [0.25, 0.3) is 0 Å². The molecule has 21 heavy (non-hydrogen) atoms. The highest BCUT2D eigenvalue weighted by Crippen LogP contribution is 2.62. The second kappa shape index (κ2) is 3.47. The standard InChI is InChI=1S/C18H14O2S/c19-21(20)10-9-18(21)11-16-12-5-1-3-7-14(12)17(18)15-8-4-2-6-13(15)16/h1-10,16-17H,11H2/t16?,17?,18-/m1/s1. The molecular formula is C18H14O2S. The van der Waals surface area contributed by atoms with Gasteiger partial charge in [0.2, 0.25) is 0 Å². The Morgan fingerprint density at radius 3 is 1.81 bits per heavy atom. The van der Waals surface area contributed by atoms with Gasteiger partial charge in [0.25, 0.3) is 0 Å². The van der Waals surface area contributed by atoms with Crippen molar-refractivity contribution in [3.8, 4) is 0 Å². The fourth-order valence-corrected chi connectivity index (χ4v) is 6.19. The Kier molecular flexibility index (Phi) is 1.94. The number of benzene rings is 2. The minimum absolute atomic E-state index is 0.0510. The van der Waals surface area contributed by atoms with Crippen molar-refractivity contribution in [1.82, 2.24) is 0 Å². The topological polar surface area (TPSA) is 34.1 Å². The molecule has 1 atom stereocenters. The molecule has 1 spiro atoms. The predicted molar refractivity (Wildman–Crippen MR) is 82.0 cm³/mol. The second-order valence-electron chi connectivity index (χ2n) is 6.25. The SMILES string of the molecule is O=S1(=O)C=C[C@]12CC1c3ccccc3C2c2ccccc21. The van der Waals surface area contributed by atoms with Gasteiger partial charge in [-0.1, -0.05) is 54.6 Å². The molecule has 0 amide bonds. The summed E-state index contributed by atoms with van der Waals surface area (Å²) in [6, 6.07) is 16.7. The van der Waals surface area contributed by atoms with Gasteiger partial charge < -0.3 is 0 Å². The van der Waals surface area contributed by atoms with Crippen molar-refractivity contribution >= 4 is 9.84 Å². The molecular weight excluding hydrogens is 280 g/mol. The van der Waals surface area contributed by atoms with Crippen molar-refractivity contribution in [2.24, 2.45) is 0 Å². The number of hydrogen-bond donors (Lipinski definition) is 0. The molecule has 1 heterocycles. The Labute approximate surface area is 124 Å². The molecule has 0 radical (unpaired) electrons. The molecule has 0 unspecified atom stereocenters. The van der Waals surface area contributed by atoms with E-state index in [1.54, 1.807) is 0 Å². The summed E-state index contributed by atoms with van der Waals surface area (Å²) in [5.74, 6) is 0.145. The number of sulfone groups is 1. The van der Waals surface area contributed by atoms with E-state index < -0.39 is 14.6 Å². The maximum atomic E-state index is 12.5. The van der Waals surface area contributed by atoms with E-state index in [1.165, 1.54) is 27.7 Å². The van der Waals surface area contributed by atoms with Gasteiger partial charge in [0, 0.05) is 17.2 Å². The Morgan fingerprint density at radius 2 is 1.38 bits per heavy atom. The van der Waals surface area contributed by atoms with Crippen molar-refractivity contribution in [2.75, 3.05) is 0 Å². The van der Waals surface area contributed by atoms with Gasteiger partial charge in [-0.25, -0.2) is 8.42 Å². The van der Waals surface area contributed by atoms with Gasteiger partial charge >= 0.3 is 0 Å². The first-order chi connectivity index (χ1) is 10.1. The molecule has 2 nitrogen and oxygen atoms in total. The zero-order valence-corrected chi connectivity index (χ0v) is 12.2. The molecule has 0 aromatic heterocycles. The Bertz CT molecular complexity index is 863. The third-order valence-electron chi connectivity index (χ3n) is 5.44. The van der Waals surface area contributed by atoms with E-state index in [9.17, 15) is 8.42 Å². The summed E-state index contributed by atoms with van der Waals surface area (Å²) in [7, 11) is -3.14. The minimum atomic E-state index is -3.14. The van der Waals surface area contributed by atoms with Crippen molar-refractivity contribution < 1.29 is 8.42 Å². The fraction of sp³-hybridized carbons (Fsp3) is 0.222. The molecule has 0 N–H and O–H groups in total. The summed E-state index contributed by atoms with van der Waals surface area (Å²) < 4.78 is 24.3. The zero-order valence-electron chi connectivity index (χ0n) is 11.4. The van der Waals surface area contributed by atoms with E-state index in [0.29, 0.717) is 6.42 Å². The molecule has 0 fully saturated rings. The van der Waals surface area contributed by atoms with Crippen LogP contribution >= 0.6 is 0 Å². The van der Waals surface area contributed by atoms with Gasteiger partial charge in [-0.05, 0) is 28.7 Å². The zero-order chi connectivity index (χ0) is 14.2. The first-order valence-corrected chi connectivity index (χ1v) is 8.80. The highest BCUT2D eigenvalue weighted by molar-refractivity contribution is 7.97. The van der Waals surface area contributed by atoms with Crippen LogP contribution in [0.4, 0.5) is 0 Å². The quantitative estimate of drug-likeness (QED) is 0.746. The Morgan fingerprint density at radius 1 is 0.857 bits per heavy atom. The van der Waals surface area contributed by atoms with Gasteiger partial charge in [0.1, 0.15) is 4.75 Å². The van der Waals surface area contributed by atoms with Gasteiger partial charge in [-0.3, -0.25) is 0 Å². The summed E-state index contributed by atoms with van der Waals surface area (Å²) >= 11 is 0. The van der Waals surface area contributed by atoms with E-state index in [2.05, 4.69) is 36.4 Å². The smallest absolute Gasteiger partial charge is 0.181 e. The van der Waals surface area contributed by atoms with Crippen molar-refractivity contribution in [2.45, 2.75) is 23.0 Å². The lowest BCUT2D eigenvalue weighted by Crippen LogP contribution is -2.54. The molecule has 104 valence electrons. The molecule has 3 aliphatic carbocycles. The summed E-state index contributed by atoms with van der Waals surface area (Å²) in [4.78, 5) is 0. The van der Waals surface area contributed by atoms with Crippen LogP contribution in [0.1, 0.15) is 40.5 Å². The van der Waals surface area contributed by atoms with Crippen molar-refractivity contribution in [1.29, 1.82) is 0 Å². The average molecular weight is 294 g/mol. The summed E-state index contributed by atoms with van der Waals surface area (Å²) in [5.41, 5.74) is 5.01. The van der Waals surface area contributed by atoms with Crippen LogP contribution in [0.5, 0.6) is 0 Å². The normalized spacial score (nSPS) is 33.3. The van der Waals surface area contributed by atoms with Gasteiger partial charge in [0.15, 0.2) is 9.84 Å². The van der Waals surface area contributed by atoms with Crippen LogP contribution in [0.2, 0.25) is 0 Å². The lowest BCUT2D eigenvalue weighted by atomic mass is 9.58. The third-order valence-corrected chi connectivity index (χ3v) is 7.53. The number of rotatable bonds is 0. The van der Waals surface area contributed by atoms with Gasteiger partial charge in [0.05, 0.1) is 0 Å². The maximum absolute atomic E-state index is 12.5. The van der Waals surface area contributed by atoms with Crippen LogP contribution in [0.15, 0.2) is 60.0 Å². The summed E-state index contributed by atoms with van der Waals surface area (Å²) in [5, 5.41) is 1.39. The van der Waals surface area contributed by atoms with Crippen LogP contribution in [0, 0.1) is 0 Å². The van der Waals surface area contributed by atoms with Crippen molar-refractivity contribution in [3.05, 3.63) is 82.3 Å². The molecule has 2 bridgehead atoms. The molecule has 0 saturated carbocycles. The highest BCUT2D eigenvalue weighted by atomic mass is 32.2. The van der Waals surface area contributed by atoms with Crippen LogP contribution in [0.3, 0.4) is 0 Å². The first kappa shape index (κ1) is 11.8. The average Bonchev–Trinajstić information content (AvgIpc) is 2.54. The maximum Gasteiger partial charge on any atom is 0.181 e. The van der Waals surface area contributed by atoms with E-state index in [4.69, 9.17) is 0 Å². The fourth-order valence-electron chi connectivity index (χ4n) is 4.50. The first-order valence-electron chi connectivity index (χ1n) is 7.26. The summed E-state index contributed by atoms with van der Waals surface area (Å²) in [6.45, 7) is 0. The van der Waals surface area contributed by atoms with E-state index in [1.807, 2.05) is 18.2 Å². The lowest BCUT2D eigenvalue weighted by molar-refractivity contribution is 0.421. The molecule has 0 saturated heterocycles. The third kappa shape index (κ3) is 1.18. The molecule has 1 aliphatic heterocycles. The monoisotopic (exact) mass is 294 g/mol. The van der Waals surface area contributed by atoms with Gasteiger partial charge in [-0.2, -0.15) is 0 Å². The number of hydrogen-bond acceptors (Lipinski definition) is 2. The molecule has 4 aliphatic rings. The van der Waals surface area contributed by atoms with Crippen LogP contribution < -0.4 is 0 Å². The lowest BCUT2D eigenvalue weighted by Gasteiger charge is -2.53. The van der Waals surface area contributed by atoms with Crippen LogP contribution in [-0.4, -0.2) is 13.2 Å². The molecule has 2 aromatic rings. The minimum Gasteiger partial charge on any atom is -0.223 e. The van der Waals surface area contributed by atoms with Crippen LogP contribution in [-0.2, 0) is 9.84 Å². The largest absolute Gasteiger partial charge is 0.223 e. The van der Waals surface area contributed by atoms with E-state index in [-0.39, 0.29) is 11.8 Å². The molecule has 6 rings (SSSR count). The van der Waals surface area contributed by atoms with E-state index >= 15 is 0 Å². The Balaban J connectivity index is 1.90. The Hall–Kier alpha value is -1.87. The van der Waals surface area contributed by atoms with Gasteiger partial charge in [-0.15, -0.1) is 0 Å². The highest BCUT2D eigenvalue weighted by Gasteiger charge is 2.60. The predicted octanol–water partition coefficient (Wildman–Crippen LogP) is 3.35.